The number of hydrogen-bond acceptors (Lipinski definition) is 3. The van der Waals surface area contributed by atoms with Crippen LogP contribution >= 0.6 is 11.3 Å². The highest BCUT2D eigenvalue weighted by Crippen LogP contribution is 2.30. The van der Waals surface area contributed by atoms with Crippen molar-refractivity contribution in [1.82, 2.24) is 0 Å². The third-order valence-corrected chi connectivity index (χ3v) is 3.32. The number of aryl methyl sites for hydroxylation is 1. The van der Waals surface area contributed by atoms with Gasteiger partial charge in [-0.2, -0.15) is 0 Å². The Bertz CT molecular complexity index is 487. The average Bonchev–Trinajstić information content (AvgIpc) is 2.53. The highest BCUT2D eigenvalue weighted by Gasteiger charge is 2.13. The van der Waals surface area contributed by atoms with Crippen molar-refractivity contribution < 1.29 is 4.79 Å². The van der Waals surface area contributed by atoms with Crippen molar-refractivity contribution in [3.8, 4) is 0 Å². The third kappa shape index (κ3) is 1.35. The zero-order chi connectivity index (χ0) is 10.1. The van der Waals surface area contributed by atoms with E-state index in [9.17, 15) is 4.79 Å². The number of carbonyl (C=O) groups excluding carboxylic acids is 1. The fourth-order valence-corrected chi connectivity index (χ4v) is 2.70. The molecular formula is C11H11NOS. The summed E-state index contributed by atoms with van der Waals surface area (Å²) in [6.07, 6.45) is 0. The van der Waals surface area contributed by atoms with Crippen LogP contribution < -0.4 is 5.73 Å². The number of rotatable bonds is 2. The van der Waals surface area contributed by atoms with Crippen LogP contribution in [0, 0.1) is 6.92 Å². The molecule has 0 bridgehead atoms. The minimum Gasteiger partial charge on any atom is -0.324 e. The van der Waals surface area contributed by atoms with E-state index in [1.807, 2.05) is 31.2 Å². The lowest BCUT2D eigenvalue weighted by molar-refractivity contribution is 0.100. The summed E-state index contributed by atoms with van der Waals surface area (Å²) in [5, 5.41) is 1.03. The smallest absolute Gasteiger partial charge is 0.178 e. The molecular weight excluding hydrogens is 194 g/mol. The zero-order valence-electron chi connectivity index (χ0n) is 7.91. The molecule has 0 amide bonds. The van der Waals surface area contributed by atoms with Crippen LogP contribution in [0.5, 0.6) is 0 Å². The maximum atomic E-state index is 11.6. The molecule has 2 N–H and O–H groups in total. The Balaban J connectivity index is 2.74. The Morgan fingerprint density at radius 1 is 1.43 bits per heavy atom. The summed E-state index contributed by atoms with van der Waals surface area (Å²) in [5.41, 5.74) is 6.18. The molecule has 2 aromatic rings. The molecule has 1 aromatic carbocycles. The number of fused-ring (bicyclic) bond motifs is 1. The maximum absolute atomic E-state index is 11.6. The molecule has 0 spiro atoms. The fourth-order valence-electron chi connectivity index (χ4n) is 1.62. The molecule has 2 rings (SSSR count). The Morgan fingerprint density at radius 3 is 2.86 bits per heavy atom. The monoisotopic (exact) mass is 205 g/mol. The standard InChI is InChI=1S/C11H11NOS/c1-7-11(9(13)6-12)8-4-2-3-5-10(8)14-7/h2-5H,6,12H2,1H3. The van der Waals surface area contributed by atoms with Crippen LogP contribution in [0.4, 0.5) is 0 Å². The molecule has 1 aromatic heterocycles. The highest BCUT2D eigenvalue weighted by atomic mass is 32.1. The topological polar surface area (TPSA) is 43.1 Å². The van der Waals surface area contributed by atoms with Crippen LogP contribution in [0.2, 0.25) is 0 Å². The van der Waals surface area contributed by atoms with Crippen LogP contribution in [0.3, 0.4) is 0 Å². The first-order valence-electron chi connectivity index (χ1n) is 4.45. The van der Waals surface area contributed by atoms with Gasteiger partial charge in [0.05, 0.1) is 6.54 Å². The van der Waals surface area contributed by atoms with E-state index in [1.54, 1.807) is 11.3 Å². The molecule has 0 aliphatic carbocycles. The molecule has 0 saturated carbocycles. The lowest BCUT2D eigenvalue weighted by Gasteiger charge is -1.96. The van der Waals surface area contributed by atoms with Gasteiger partial charge in [-0.15, -0.1) is 11.3 Å². The summed E-state index contributed by atoms with van der Waals surface area (Å²) in [6, 6.07) is 7.93. The molecule has 1 heterocycles. The van der Waals surface area contributed by atoms with E-state index in [4.69, 9.17) is 5.73 Å². The summed E-state index contributed by atoms with van der Waals surface area (Å²) in [7, 11) is 0. The molecule has 0 fully saturated rings. The van der Waals surface area contributed by atoms with Gasteiger partial charge in [-0.1, -0.05) is 18.2 Å². The number of ketones is 1. The first-order chi connectivity index (χ1) is 6.74. The van der Waals surface area contributed by atoms with Crippen LogP contribution in [-0.2, 0) is 0 Å². The number of benzene rings is 1. The van der Waals surface area contributed by atoms with Crippen molar-refractivity contribution >= 4 is 27.2 Å². The SMILES string of the molecule is Cc1sc2ccccc2c1C(=O)CN. The summed E-state index contributed by atoms with van der Waals surface area (Å²) < 4.78 is 1.15. The minimum absolute atomic E-state index is 0.0277. The second-order valence-electron chi connectivity index (χ2n) is 3.16. The molecule has 2 nitrogen and oxygen atoms in total. The minimum atomic E-state index is 0.0277. The normalized spacial score (nSPS) is 10.7. The second-order valence-corrected chi connectivity index (χ2v) is 4.41. The van der Waals surface area contributed by atoms with E-state index in [2.05, 4.69) is 0 Å². The highest BCUT2D eigenvalue weighted by molar-refractivity contribution is 7.19. The molecule has 0 unspecified atom stereocenters. The lowest BCUT2D eigenvalue weighted by atomic mass is 10.1. The number of thiophene rings is 1. The molecule has 0 aliphatic rings. The van der Waals surface area contributed by atoms with Gasteiger partial charge in [0.1, 0.15) is 0 Å². The maximum Gasteiger partial charge on any atom is 0.178 e. The Labute approximate surface area is 86.3 Å². The van der Waals surface area contributed by atoms with Crippen molar-refractivity contribution in [2.45, 2.75) is 6.92 Å². The summed E-state index contributed by atoms with van der Waals surface area (Å²) in [4.78, 5) is 12.6. The molecule has 0 atom stereocenters. The predicted octanol–water partition coefficient (Wildman–Crippen LogP) is 2.35. The first-order valence-corrected chi connectivity index (χ1v) is 5.27. The van der Waals surface area contributed by atoms with Gasteiger partial charge < -0.3 is 5.73 Å². The van der Waals surface area contributed by atoms with Crippen molar-refractivity contribution in [2.24, 2.45) is 5.73 Å². The van der Waals surface area contributed by atoms with Crippen molar-refractivity contribution in [3.63, 3.8) is 0 Å². The van der Waals surface area contributed by atoms with Gasteiger partial charge in [0.25, 0.3) is 0 Å². The first kappa shape index (κ1) is 9.37. The Morgan fingerprint density at radius 2 is 2.14 bits per heavy atom. The quantitative estimate of drug-likeness (QED) is 0.765. The van der Waals surface area contributed by atoms with Crippen LogP contribution in [0.25, 0.3) is 10.1 Å². The Hall–Kier alpha value is -1.19. The van der Waals surface area contributed by atoms with Gasteiger partial charge in [0.2, 0.25) is 0 Å². The van der Waals surface area contributed by atoms with Crippen LogP contribution in [0.1, 0.15) is 15.2 Å². The zero-order valence-corrected chi connectivity index (χ0v) is 8.73. The van der Waals surface area contributed by atoms with Gasteiger partial charge >= 0.3 is 0 Å². The van der Waals surface area contributed by atoms with Crippen LogP contribution in [0.15, 0.2) is 24.3 Å². The van der Waals surface area contributed by atoms with Crippen molar-refractivity contribution in [2.75, 3.05) is 6.54 Å². The number of hydrogen-bond donors (Lipinski definition) is 1. The molecule has 72 valence electrons. The van der Waals surface area contributed by atoms with E-state index in [-0.39, 0.29) is 12.3 Å². The van der Waals surface area contributed by atoms with Gasteiger partial charge in [-0.05, 0) is 13.0 Å². The number of carbonyl (C=O) groups is 1. The molecule has 3 heteroatoms. The van der Waals surface area contributed by atoms with Gasteiger partial charge in [-0.25, -0.2) is 0 Å². The van der Waals surface area contributed by atoms with Gasteiger partial charge in [-0.3, -0.25) is 4.79 Å². The third-order valence-electron chi connectivity index (χ3n) is 2.24. The van der Waals surface area contributed by atoms with Crippen LogP contribution in [-0.4, -0.2) is 12.3 Å². The summed E-state index contributed by atoms with van der Waals surface area (Å²) in [6.45, 7) is 2.05. The molecule has 0 saturated heterocycles. The molecule has 14 heavy (non-hydrogen) atoms. The van der Waals surface area contributed by atoms with E-state index in [0.29, 0.717) is 0 Å². The molecule has 0 aliphatic heterocycles. The lowest BCUT2D eigenvalue weighted by Crippen LogP contribution is -2.13. The largest absolute Gasteiger partial charge is 0.324 e. The van der Waals surface area contributed by atoms with Gasteiger partial charge in [0.15, 0.2) is 5.78 Å². The Kier molecular flexibility index (Phi) is 2.35. The molecule has 0 radical (unpaired) electrons. The number of nitrogens with two attached hydrogens (primary N) is 1. The van der Waals surface area contributed by atoms with E-state index in [1.165, 1.54) is 0 Å². The van der Waals surface area contributed by atoms with E-state index < -0.39 is 0 Å². The fraction of sp³-hybridized carbons (Fsp3) is 0.182. The van der Waals surface area contributed by atoms with Gasteiger partial charge in [0, 0.05) is 20.5 Å². The van der Waals surface area contributed by atoms with Crippen molar-refractivity contribution in [1.29, 1.82) is 0 Å². The van der Waals surface area contributed by atoms with E-state index >= 15 is 0 Å². The second kappa shape index (κ2) is 3.52. The number of Topliss-reactive ketones (excluding diaryl/α,β-unsaturated/α-hetero) is 1. The average molecular weight is 205 g/mol. The summed E-state index contributed by atoms with van der Waals surface area (Å²) in [5.74, 6) is 0.0277. The van der Waals surface area contributed by atoms with E-state index in [0.717, 1.165) is 20.5 Å². The summed E-state index contributed by atoms with van der Waals surface area (Å²) >= 11 is 1.65. The van der Waals surface area contributed by atoms with Crippen molar-refractivity contribution in [3.05, 3.63) is 34.7 Å². The predicted molar refractivity (Wildman–Crippen MR) is 59.9 cm³/mol.